The molecule has 0 saturated carbocycles. The van der Waals surface area contributed by atoms with E-state index in [1.807, 2.05) is 21.1 Å². The third kappa shape index (κ3) is 47.5. The Labute approximate surface area is 387 Å². The van der Waals surface area contributed by atoms with E-state index in [4.69, 9.17) is 9.05 Å². The lowest BCUT2D eigenvalue weighted by atomic mass is 10.0. The van der Waals surface area contributed by atoms with E-state index in [0.29, 0.717) is 23.9 Å². The summed E-state index contributed by atoms with van der Waals surface area (Å²) in [4.78, 5) is 25.3. The lowest BCUT2D eigenvalue weighted by molar-refractivity contribution is -0.870. The van der Waals surface area contributed by atoms with E-state index in [2.05, 4.69) is 19.2 Å². The lowest BCUT2D eigenvalue weighted by Crippen LogP contribution is -2.46. The maximum Gasteiger partial charge on any atom is 0.268 e. The number of quaternary nitrogens is 1. The van der Waals surface area contributed by atoms with Crippen LogP contribution in [0, 0.1) is 0 Å². The second-order valence-corrected chi connectivity index (χ2v) is 21.7. The first kappa shape index (κ1) is 61.5. The van der Waals surface area contributed by atoms with Crippen molar-refractivity contribution in [2.75, 3.05) is 40.9 Å². The predicted molar refractivity (Wildman–Crippen MR) is 266 cm³/mol. The number of hydrogen-bond donors (Lipinski definition) is 2. The Morgan fingerprint density at radius 3 is 1.10 bits per heavy atom. The Bertz CT molecular complexity index is 978. The van der Waals surface area contributed by atoms with Gasteiger partial charge in [-0.25, -0.2) is 0 Å². The van der Waals surface area contributed by atoms with E-state index in [1.54, 1.807) is 0 Å². The van der Waals surface area contributed by atoms with Gasteiger partial charge in [-0.1, -0.05) is 264 Å². The van der Waals surface area contributed by atoms with Gasteiger partial charge in [0.05, 0.1) is 39.9 Å². The number of unbranched alkanes of at least 4 members (excludes halogenated alkanes) is 38. The lowest BCUT2D eigenvalue weighted by Gasteiger charge is -2.30. The fraction of sp³-hybridized carbons (Fsp3) is 0.981. The van der Waals surface area contributed by atoms with Gasteiger partial charge in [0.15, 0.2) is 0 Å². The van der Waals surface area contributed by atoms with Crippen molar-refractivity contribution < 1.29 is 32.9 Å². The van der Waals surface area contributed by atoms with Crippen molar-refractivity contribution in [3.05, 3.63) is 0 Å². The van der Waals surface area contributed by atoms with Crippen molar-refractivity contribution in [3.63, 3.8) is 0 Å². The van der Waals surface area contributed by atoms with Crippen LogP contribution in [0.1, 0.15) is 284 Å². The van der Waals surface area contributed by atoms with Gasteiger partial charge in [-0.2, -0.15) is 0 Å². The molecule has 372 valence electrons. The minimum Gasteiger partial charge on any atom is -0.756 e. The number of hydrogen-bond acceptors (Lipinski definition) is 6. The molecule has 1 amide bonds. The Kier molecular flexibility index (Phi) is 45.3. The number of likely N-dealkylation sites (N-methyl/N-ethyl adjacent to an activating group) is 1. The van der Waals surface area contributed by atoms with E-state index in [9.17, 15) is 19.4 Å². The van der Waals surface area contributed by atoms with Gasteiger partial charge in [0.1, 0.15) is 13.2 Å². The van der Waals surface area contributed by atoms with Gasteiger partial charge >= 0.3 is 0 Å². The quantitative estimate of drug-likeness (QED) is 0.0358. The Morgan fingerprint density at radius 2 is 0.790 bits per heavy atom. The zero-order chi connectivity index (χ0) is 45.7. The SMILES string of the molecule is CCCCCCCCCCCCCCCCCCCCCCCCCCCCCCCCCC(=O)NC(COP(=O)([O-])OCC[N+](C)(C)C)C(O)CCCCCCCCCCC. The number of nitrogens with zero attached hydrogens (tertiary/aromatic N) is 1. The predicted octanol–water partition coefficient (Wildman–Crippen LogP) is 15.5. The van der Waals surface area contributed by atoms with Gasteiger partial charge in [-0.05, 0) is 12.8 Å². The molecular weight excluding hydrogens is 792 g/mol. The van der Waals surface area contributed by atoms with Crippen LogP contribution in [0.5, 0.6) is 0 Å². The molecule has 62 heavy (non-hydrogen) atoms. The average molecular weight is 901 g/mol. The number of carbonyl (C=O) groups excluding carboxylic acids is 1. The zero-order valence-electron chi connectivity index (χ0n) is 42.4. The summed E-state index contributed by atoms with van der Waals surface area (Å²) in [5.74, 6) is -0.160. The molecule has 0 aliphatic rings. The summed E-state index contributed by atoms with van der Waals surface area (Å²) >= 11 is 0. The summed E-state index contributed by atoms with van der Waals surface area (Å²) in [7, 11) is 1.32. The fourth-order valence-corrected chi connectivity index (χ4v) is 9.24. The first-order valence-electron chi connectivity index (χ1n) is 27.4. The summed E-state index contributed by atoms with van der Waals surface area (Å²) < 4.78 is 23.3. The van der Waals surface area contributed by atoms with Crippen molar-refractivity contribution in [2.45, 2.75) is 296 Å². The van der Waals surface area contributed by atoms with Crippen LogP contribution in [0.25, 0.3) is 0 Å². The number of aliphatic hydroxyl groups excluding tert-OH is 1. The molecule has 0 fully saturated rings. The summed E-state index contributed by atoms with van der Waals surface area (Å²) in [5.41, 5.74) is 0. The molecule has 2 N–H and O–H groups in total. The van der Waals surface area contributed by atoms with Gasteiger partial charge in [-0.15, -0.1) is 0 Å². The second kappa shape index (κ2) is 45.6. The third-order valence-corrected chi connectivity index (χ3v) is 13.8. The monoisotopic (exact) mass is 901 g/mol. The van der Waals surface area contributed by atoms with Crippen LogP contribution in [-0.2, 0) is 18.4 Å². The standard InChI is InChI=1S/C53H109N2O6P/c1-6-8-10-12-14-16-17-18-19-20-21-22-23-24-25-26-27-28-29-30-31-32-33-34-35-36-37-39-41-43-45-47-53(57)54-51(50-61-62(58,59)60-49-48-55(3,4)5)52(56)46-44-42-40-38-15-13-11-9-7-2/h51-52,56H,6-50H2,1-5H3,(H-,54,57,58,59). The van der Waals surface area contributed by atoms with Crippen molar-refractivity contribution in [2.24, 2.45) is 0 Å². The highest BCUT2D eigenvalue weighted by Crippen LogP contribution is 2.38. The fourth-order valence-electron chi connectivity index (χ4n) is 8.51. The molecule has 0 aromatic heterocycles. The first-order valence-corrected chi connectivity index (χ1v) is 28.8. The zero-order valence-corrected chi connectivity index (χ0v) is 43.3. The molecule has 0 saturated heterocycles. The number of phosphoric ester groups is 1. The highest BCUT2D eigenvalue weighted by molar-refractivity contribution is 7.45. The van der Waals surface area contributed by atoms with Crippen LogP contribution < -0.4 is 10.2 Å². The third-order valence-electron chi connectivity index (χ3n) is 12.8. The van der Waals surface area contributed by atoms with Crippen molar-refractivity contribution >= 4 is 13.7 Å². The molecule has 0 heterocycles. The topological polar surface area (TPSA) is 108 Å². The minimum atomic E-state index is -4.56. The smallest absolute Gasteiger partial charge is 0.268 e. The van der Waals surface area contributed by atoms with E-state index in [1.165, 1.54) is 218 Å². The van der Waals surface area contributed by atoms with E-state index in [0.717, 1.165) is 38.5 Å². The molecule has 0 aromatic carbocycles. The molecule has 0 bridgehead atoms. The van der Waals surface area contributed by atoms with Crippen molar-refractivity contribution in [1.29, 1.82) is 0 Å². The highest BCUT2D eigenvalue weighted by Gasteiger charge is 2.24. The van der Waals surface area contributed by atoms with Gasteiger partial charge in [0.2, 0.25) is 5.91 Å². The van der Waals surface area contributed by atoms with Crippen LogP contribution in [0.2, 0.25) is 0 Å². The number of phosphoric acid groups is 1. The number of rotatable bonds is 51. The summed E-state index contributed by atoms with van der Waals surface area (Å²) in [5, 5.41) is 13.9. The highest BCUT2D eigenvalue weighted by atomic mass is 31.2. The first-order chi connectivity index (χ1) is 30.0. The van der Waals surface area contributed by atoms with Gasteiger partial charge in [-0.3, -0.25) is 9.36 Å². The molecule has 3 unspecified atom stereocenters. The van der Waals surface area contributed by atoms with Gasteiger partial charge in [0, 0.05) is 6.42 Å². The molecule has 0 rings (SSSR count). The molecule has 8 nitrogen and oxygen atoms in total. The van der Waals surface area contributed by atoms with Crippen molar-refractivity contribution in [3.8, 4) is 0 Å². The maximum absolute atomic E-state index is 12.9. The molecular formula is C53H109N2O6P. The van der Waals surface area contributed by atoms with Crippen molar-refractivity contribution in [1.82, 2.24) is 5.32 Å². The number of aliphatic hydroxyl groups is 1. The molecule has 3 atom stereocenters. The molecule has 0 aliphatic heterocycles. The largest absolute Gasteiger partial charge is 0.756 e. The van der Waals surface area contributed by atoms with Gasteiger partial charge < -0.3 is 28.8 Å². The molecule has 0 spiro atoms. The van der Waals surface area contributed by atoms with Crippen LogP contribution in [-0.4, -0.2) is 68.5 Å². The van der Waals surface area contributed by atoms with Crippen LogP contribution in [0.4, 0.5) is 0 Å². The van der Waals surface area contributed by atoms with Crippen LogP contribution >= 0.6 is 7.82 Å². The number of amides is 1. The van der Waals surface area contributed by atoms with E-state index in [-0.39, 0.29) is 19.1 Å². The molecule has 9 heteroatoms. The summed E-state index contributed by atoms with van der Waals surface area (Å²) in [6, 6.07) is -0.792. The Morgan fingerprint density at radius 1 is 0.500 bits per heavy atom. The van der Waals surface area contributed by atoms with Crippen LogP contribution in [0.3, 0.4) is 0 Å². The maximum atomic E-state index is 12.9. The average Bonchev–Trinajstić information content (AvgIpc) is 3.23. The van der Waals surface area contributed by atoms with Crippen LogP contribution in [0.15, 0.2) is 0 Å². The minimum absolute atomic E-state index is 0.0159. The Hall–Kier alpha value is -0.500. The van der Waals surface area contributed by atoms with E-state index >= 15 is 0 Å². The number of carbonyl (C=O) groups is 1. The van der Waals surface area contributed by atoms with E-state index < -0.39 is 20.0 Å². The molecule has 0 aliphatic carbocycles. The summed E-state index contributed by atoms with van der Waals surface area (Å²) in [6.45, 7) is 4.73. The molecule has 0 aromatic rings. The Balaban J connectivity index is 3.88. The number of nitrogens with one attached hydrogen (secondary N) is 1. The molecule has 0 radical (unpaired) electrons. The normalized spacial score (nSPS) is 14.0. The summed E-state index contributed by atoms with van der Waals surface area (Å²) in [6.07, 6.45) is 53.0. The second-order valence-electron chi connectivity index (χ2n) is 20.3. The van der Waals surface area contributed by atoms with Gasteiger partial charge in [0.25, 0.3) is 7.82 Å².